The topological polar surface area (TPSA) is 59.9 Å². The maximum absolute atomic E-state index is 12.4. The van der Waals surface area contributed by atoms with Gasteiger partial charge in [0.05, 0.1) is 23.8 Å². The van der Waals surface area contributed by atoms with Crippen molar-refractivity contribution >= 4 is 34.6 Å². The first kappa shape index (κ1) is 20.0. The molecule has 1 amide bonds. The van der Waals surface area contributed by atoms with Crippen LogP contribution in [0.4, 0.5) is 5.69 Å². The predicted octanol–water partition coefficient (Wildman–Crippen LogP) is 4.94. The van der Waals surface area contributed by atoms with Crippen LogP contribution < -0.4 is 14.8 Å². The molecule has 0 aliphatic carbocycles. The van der Waals surface area contributed by atoms with E-state index in [0.717, 1.165) is 23.4 Å². The number of aliphatic imine (C=N–C) groups is 1. The standard InChI is InChI=1S/C22H24N2O3S/c1-4-15-7-10-17(11-8-15)23-22-24-21(25)20(28-22)13-16-9-12-18(26-5-2)14-19(16)27-6-3/h7-14H,4-6H2,1-3H3,(H,23,24,25)/b20-13+. The number of amidine groups is 1. The first-order chi connectivity index (χ1) is 13.6. The van der Waals surface area contributed by atoms with E-state index in [0.29, 0.717) is 29.0 Å². The van der Waals surface area contributed by atoms with Crippen LogP contribution in [0.5, 0.6) is 11.5 Å². The monoisotopic (exact) mass is 396 g/mol. The van der Waals surface area contributed by atoms with Crippen molar-refractivity contribution in [1.29, 1.82) is 0 Å². The van der Waals surface area contributed by atoms with Crippen molar-refractivity contribution in [3.05, 3.63) is 58.5 Å². The molecule has 6 heteroatoms. The minimum Gasteiger partial charge on any atom is -0.494 e. The van der Waals surface area contributed by atoms with Gasteiger partial charge in [-0.15, -0.1) is 0 Å². The lowest BCUT2D eigenvalue weighted by molar-refractivity contribution is -0.115. The first-order valence-electron chi connectivity index (χ1n) is 9.41. The zero-order valence-electron chi connectivity index (χ0n) is 16.3. The number of carbonyl (C=O) groups is 1. The molecule has 5 nitrogen and oxygen atoms in total. The Morgan fingerprint density at radius 1 is 1.04 bits per heavy atom. The molecule has 1 aliphatic rings. The SMILES string of the molecule is CCOc1ccc(/C=C2/SC(=Nc3ccc(CC)cc3)NC2=O)c(OCC)c1. The number of nitrogens with zero attached hydrogens (tertiary/aromatic N) is 1. The Labute approximate surface area is 169 Å². The van der Waals surface area contributed by atoms with Crippen LogP contribution in [0.25, 0.3) is 6.08 Å². The van der Waals surface area contributed by atoms with Gasteiger partial charge in [-0.3, -0.25) is 4.79 Å². The molecule has 3 rings (SSSR count). The third kappa shape index (κ3) is 4.95. The van der Waals surface area contributed by atoms with Crippen molar-refractivity contribution in [3.8, 4) is 11.5 Å². The lowest BCUT2D eigenvalue weighted by Crippen LogP contribution is -2.19. The summed E-state index contributed by atoms with van der Waals surface area (Å²) in [6, 6.07) is 13.6. The summed E-state index contributed by atoms with van der Waals surface area (Å²) in [5, 5.41) is 3.40. The van der Waals surface area contributed by atoms with Crippen molar-refractivity contribution in [2.24, 2.45) is 4.99 Å². The second kappa shape index (κ2) is 9.46. The van der Waals surface area contributed by atoms with E-state index < -0.39 is 0 Å². The van der Waals surface area contributed by atoms with E-state index in [2.05, 4.69) is 17.2 Å². The Morgan fingerprint density at radius 3 is 2.46 bits per heavy atom. The predicted molar refractivity (Wildman–Crippen MR) is 115 cm³/mol. The zero-order valence-corrected chi connectivity index (χ0v) is 17.1. The number of nitrogens with one attached hydrogen (secondary N) is 1. The molecule has 0 aromatic heterocycles. The second-order valence-corrected chi connectivity index (χ2v) is 7.10. The van der Waals surface area contributed by atoms with E-state index >= 15 is 0 Å². The molecule has 1 saturated heterocycles. The molecule has 1 heterocycles. The summed E-state index contributed by atoms with van der Waals surface area (Å²) < 4.78 is 11.3. The van der Waals surface area contributed by atoms with Gasteiger partial charge in [0.2, 0.25) is 0 Å². The van der Waals surface area contributed by atoms with Gasteiger partial charge in [-0.1, -0.05) is 19.1 Å². The summed E-state index contributed by atoms with van der Waals surface area (Å²) in [5.41, 5.74) is 2.90. The van der Waals surface area contributed by atoms with Gasteiger partial charge >= 0.3 is 0 Å². The van der Waals surface area contributed by atoms with Crippen LogP contribution in [-0.4, -0.2) is 24.3 Å². The van der Waals surface area contributed by atoms with Gasteiger partial charge in [-0.25, -0.2) is 4.99 Å². The summed E-state index contributed by atoms with van der Waals surface area (Å²) in [4.78, 5) is 17.5. The number of ether oxygens (including phenoxy) is 2. The Bertz CT molecular complexity index is 904. The molecule has 2 aromatic rings. The number of benzene rings is 2. The largest absolute Gasteiger partial charge is 0.494 e. The molecule has 0 saturated carbocycles. The second-order valence-electron chi connectivity index (χ2n) is 6.07. The number of hydrogen-bond acceptors (Lipinski definition) is 5. The Kier molecular flexibility index (Phi) is 6.76. The number of hydrogen-bond donors (Lipinski definition) is 1. The minimum atomic E-state index is -0.162. The van der Waals surface area contributed by atoms with Crippen molar-refractivity contribution in [2.45, 2.75) is 27.2 Å². The van der Waals surface area contributed by atoms with Crippen molar-refractivity contribution in [2.75, 3.05) is 13.2 Å². The maximum atomic E-state index is 12.4. The fraction of sp³-hybridized carbons (Fsp3) is 0.273. The van der Waals surface area contributed by atoms with Gasteiger partial charge in [0.1, 0.15) is 11.5 Å². The molecule has 0 radical (unpaired) electrons. The Hall–Kier alpha value is -2.73. The van der Waals surface area contributed by atoms with Crippen LogP contribution in [0, 0.1) is 0 Å². The van der Waals surface area contributed by atoms with E-state index in [1.165, 1.54) is 17.3 Å². The first-order valence-corrected chi connectivity index (χ1v) is 10.2. The Balaban J connectivity index is 1.82. The summed E-state index contributed by atoms with van der Waals surface area (Å²) in [6.07, 6.45) is 2.81. The summed E-state index contributed by atoms with van der Waals surface area (Å²) >= 11 is 1.32. The van der Waals surface area contributed by atoms with E-state index in [9.17, 15) is 4.79 Å². The quantitative estimate of drug-likeness (QED) is 0.674. The van der Waals surface area contributed by atoms with E-state index in [4.69, 9.17) is 9.47 Å². The molecule has 1 N–H and O–H groups in total. The van der Waals surface area contributed by atoms with Crippen molar-refractivity contribution in [1.82, 2.24) is 5.32 Å². The molecule has 2 aromatic carbocycles. The zero-order chi connectivity index (χ0) is 19.9. The van der Waals surface area contributed by atoms with Gasteiger partial charge in [0, 0.05) is 11.6 Å². The van der Waals surface area contributed by atoms with Crippen LogP contribution in [0.2, 0.25) is 0 Å². The highest BCUT2D eigenvalue weighted by Crippen LogP contribution is 2.32. The van der Waals surface area contributed by atoms with Gasteiger partial charge in [0.25, 0.3) is 5.91 Å². The summed E-state index contributed by atoms with van der Waals surface area (Å²) in [5.74, 6) is 1.27. The molecule has 1 aliphatic heterocycles. The maximum Gasteiger partial charge on any atom is 0.264 e. The third-order valence-electron chi connectivity index (χ3n) is 4.11. The lowest BCUT2D eigenvalue weighted by Gasteiger charge is -2.10. The van der Waals surface area contributed by atoms with Gasteiger partial charge in [-0.05, 0) is 67.9 Å². The van der Waals surface area contributed by atoms with Crippen molar-refractivity contribution < 1.29 is 14.3 Å². The molecule has 0 atom stereocenters. The summed E-state index contributed by atoms with van der Waals surface area (Å²) in [6.45, 7) is 7.10. The molecule has 146 valence electrons. The van der Waals surface area contributed by atoms with Gasteiger partial charge in [0.15, 0.2) is 5.17 Å². The third-order valence-corrected chi connectivity index (χ3v) is 5.02. The van der Waals surface area contributed by atoms with Crippen molar-refractivity contribution in [3.63, 3.8) is 0 Å². The minimum absolute atomic E-state index is 0.162. The lowest BCUT2D eigenvalue weighted by atomic mass is 10.1. The molecule has 0 bridgehead atoms. The number of amides is 1. The molecule has 28 heavy (non-hydrogen) atoms. The number of rotatable bonds is 7. The van der Waals surface area contributed by atoms with E-state index in [1.54, 1.807) is 0 Å². The van der Waals surface area contributed by atoms with E-state index in [-0.39, 0.29) is 5.91 Å². The number of thioether (sulfide) groups is 1. The number of aryl methyl sites for hydroxylation is 1. The molecule has 1 fully saturated rings. The van der Waals surface area contributed by atoms with Gasteiger partial charge in [-0.2, -0.15) is 0 Å². The van der Waals surface area contributed by atoms with Crippen LogP contribution in [-0.2, 0) is 11.2 Å². The smallest absolute Gasteiger partial charge is 0.264 e. The fourth-order valence-corrected chi connectivity index (χ4v) is 3.55. The average molecular weight is 397 g/mol. The number of carbonyl (C=O) groups excluding carboxylic acids is 1. The fourth-order valence-electron chi connectivity index (χ4n) is 2.72. The summed E-state index contributed by atoms with van der Waals surface area (Å²) in [7, 11) is 0. The van der Waals surface area contributed by atoms with Crippen LogP contribution >= 0.6 is 11.8 Å². The molecular weight excluding hydrogens is 372 g/mol. The highest BCUT2D eigenvalue weighted by molar-refractivity contribution is 8.18. The van der Waals surface area contributed by atoms with Crippen LogP contribution in [0.1, 0.15) is 31.9 Å². The van der Waals surface area contributed by atoms with Crippen LogP contribution in [0.3, 0.4) is 0 Å². The molecule has 0 spiro atoms. The molecular formula is C22H24N2O3S. The normalized spacial score (nSPS) is 16.5. The van der Waals surface area contributed by atoms with Crippen LogP contribution in [0.15, 0.2) is 52.4 Å². The van der Waals surface area contributed by atoms with Gasteiger partial charge < -0.3 is 14.8 Å². The highest BCUT2D eigenvalue weighted by atomic mass is 32.2. The molecule has 0 unspecified atom stereocenters. The highest BCUT2D eigenvalue weighted by Gasteiger charge is 2.24. The Morgan fingerprint density at radius 2 is 1.79 bits per heavy atom. The van der Waals surface area contributed by atoms with E-state index in [1.807, 2.05) is 62.4 Å². The average Bonchev–Trinajstić information content (AvgIpc) is 3.03.